The van der Waals surface area contributed by atoms with E-state index in [0.717, 1.165) is 29.9 Å². The third kappa shape index (κ3) is 3.82. The summed E-state index contributed by atoms with van der Waals surface area (Å²) in [5, 5.41) is 9.47. The van der Waals surface area contributed by atoms with Crippen molar-refractivity contribution in [2.45, 2.75) is 26.4 Å². The molecule has 1 N–H and O–H groups in total. The Balaban J connectivity index is 1.64. The Hall–Kier alpha value is -2.40. The predicted molar refractivity (Wildman–Crippen MR) is 98.8 cm³/mol. The summed E-state index contributed by atoms with van der Waals surface area (Å²) < 4.78 is 0. The summed E-state index contributed by atoms with van der Waals surface area (Å²) in [5.41, 5.74) is 3.82. The van der Waals surface area contributed by atoms with Gasteiger partial charge in [0.2, 0.25) is 0 Å². The number of amides is 1. The molecule has 5 heteroatoms. The van der Waals surface area contributed by atoms with Crippen molar-refractivity contribution < 1.29 is 9.90 Å². The fourth-order valence-corrected chi connectivity index (χ4v) is 3.19. The van der Waals surface area contributed by atoms with Crippen molar-refractivity contribution in [3.63, 3.8) is 0 Å². The Morgan fingerprint density at radius 1 is 1.12 bits per heavy atom. The number of benzene rings is 1. The van der Waals surface area contributed by atoms with Crippen molar-refractivity contribution >= 4 is 11.6 Å². The normalized spacial score (nSPS) is 14.9. The van der Waals surface area contributed by atoms with E-state index in [4.69, 9.17) is 0 Å². The van der Waals surface area contributed by atoms with Gasteiger partial charge in [0, 0.05) is 55.4 Å². The number of aliphatic hydroxyl groups is 1. The topological polar surface area (TPSA) is 56.7 Å². The summed E-state index contributed by atoms with van der Waals surface area (Å²) in [5.74, 6) is 0.556. The van der Waals surface area contributed by atoms with Gasteiger partial charge in [-0.05, 0) is 29.7 Å². The van der Waals surface area contributed by atoms with Crippen LogP contribution in [0.15, 0.2) is 42.7 Å². The highest BCUT2D eigenvalue weighted by atomic mass is 16.3. The van der Waals surface area contributed by atoms with Crippen LogP contribution in [0.4, 0.5) is 5.69 Å². The molecule has 1 fully saturated rings. The van der Waals surface area contributed by atoms with Gasteiger partial charge in [-0.25, -0.2) is 0 Å². The van der Waals surface area contributed by atoms with Crippen LogP contribution in [-0.2, 0) is 6.61 Å². The molecule has 3 rings (SSSR count). The molecule has 1 aromatic heterocycles. The fourth-order valence-electron chi connectivity index (χ4n) is 3.19. The molecule has 25 heavy (non-hydrogen) atoms. The first-order valence-corrected chi connectivity index (χ1v) is 8.78. The molecule has 132 valence electrons. The molecule has 5 nitrogen and oxygen atoms in total. The number of aromatic nitrogens is 1. The minimum absolute atomic E-state index is 0.0233. The second kappa shape index (κ2) is 7.66. The van der Waals surface area contributed by atoms with Crippen molar-refractivity contribution in [3.05, 3.63) is 59.4 Å². The Bertz CT molecular complexity index is 720. The average molecular weight is 339 g/mol. The SMILES string of the molecule is CC(C)c1ccc(C(=O)N2CCN(c3ccncc3CO)CC2)cc1. The molecule has 0 bridgehead atoms. The summed E-state index contributed by atoms with van der Waals surface area (Å²) >= 11 is 0. The lowest BCUT2D eigenvalue weighted by atomic mass is 10.0. The number of hydrogen-bond donors (Lipinski definition) is 1. The summed E-state index contributed by atoms with van der Waals surface area (Å²) in [6, 6.07) is 9.86. The Morgan fingerprint density at radius 3 is 2.40 bits per heavy atom. The molecule has 1 aromatic carbocycles. The quantitative estimate of drug-likeness (QED) is 0.930. The number of piperazine rings is 1. The lowest BCUT2D eigenvalue weighted by molar-refractivity contribution is 0.0746. The maximum atomic E-state index is 12.7. The molecule has 0 unspecified atom stereocenters. The maximum absolute atomic E-state index is 12.7. The van der Waals surface area contributed by atoms with Gasteiger partial charge in [-0.2, -0.15) is 0 Å². The van der Waals surface area contributed by atoms with Crippen LogP contribution in [0.25, 0.3) is 0 Å². The van der Waals surface area contributed by atoms with Crippen molar-refractivity contribution in [1.82, 2.24) is 9.88 Å². The lowest BCUT2D eigenvalue weighted by Crippen LogP contribution is -2.49. The highest BCUT2D eigenvalue weighted by Gasteiger charge is 2.23. The van der Waals surface area contributed by atoms with Crippen LogP contribution in [0.1, 0.15) is 41.3 Å². The van der Waals surface area contributed by atoms with E-state index in [1.807, 2.05) is 35.2 Å². The van der Waals surface area contributed by atoms with Crippen LogP contribution in [0.2, 0.25) is 0 Å². The molecule has 1 amide bonds. The molecule has 1 aliphatic heterocycles. The Labute approximate surface area is 148 Å². The van der Waals surface area contributed by atoms with E-state index in [-0.39, 0.29) is 12.5 Å². The minimum Gasteiger partial charge on any atom is -0.392 e. The first-order valence-electron chi connectivity index (χ1n) is 8.78. The van der Waals surface area contributed by atoms with Gasteiger partial charge in [0.05, 0.1) is 6.61 Å². The monoisotopic (exact) mass is 339 g/mol. The van der Waals surface area contributed by atoms with Crippen molar-refractivity contribution in [3.8, 4) is 0 Å². The lowest BCUT2D eigenvalue weighted by Gasteiger charge is -2.36. The van der Waals surface area contributed by atoms with Crippen LogP contribution in [0.3, 0.4) is 0 Å². The number of anilines is 1. The van der Waals surface area contributed by atoms with Crippen molar-refractivity contribution in [1.29, 1.82) is 0 Å². The Kier molecular flexibility index (Phi) is 5.34. The van der Waals surface area contributed by atoms with Gasteiger partial charge in [-0.3, -0.25) is 9.78 Å². The zero-order valence-corrected chi connectivity index (χ0v) is 14.9. The third-order valence-corrected chi connectivity index (χ3v) is 4.78. The summed E-state index contributed by atoms with van der Waals surface area (Å²) in [6.07, 6.45) is 3.44. The third-order valence-electron chi connectivity index (χ3n) is 4.78. The number of carbonyl (C=O) groups excluding carboxylic acids is 1. The predicted octanol–water partition coefficient (Wildman–Crippen LogP) is 2.66. The fraction of sp³-hybridized carbons (Fsp3) is 0.400. The number of hydrogen-bond acceptors (Lipinski definition) is 4. The average Bonchev–Trinajstić information content (AvgIpc) is 2.67. The molecule has 1 aliphatic rings. The molecule has 0 spiro atoms. The molecule has 0 atom stereocenters. The molecular weight excluding hydrogens is 314 g/mol. The van der Waals surface area contributed by atoms with E-state index in [1.165, 1.54) is 5.56 Å². The van der Waals surface area contributed by atoms with E-state index >= 15 is 0 Å². The summed E-state index contributed by atoms with van der Waals surface area (Å²) in [4.78, 5) is 20.9. The number of nitrogens with zero attached hydrogens (tertiary/aromatic N) is 3. The molecule has 2 heterocycles. The number of carbonyl (C=O) groups is 1. The first-order chi connectivity index (χ1) is 12.1. The van der Waals surface area contributed by atoms with E-state index < -0.39 is 0 Å². The second-order valence-corrected chi connectivity index (χ2v) is 6.72. The molecule has 0 radical (unpaired) electrons. The van der Waals surface area contributed by atoms with E-state index in [1.54, 1.807) is 12.4 Å². The van der Waals surface area contributed by atoms with E-state index in [0.29, 0.717) is 19.0 Å². The molecule has 0 aliphatic carbocycles. The highest BCUT2D eigenvalue weighted by molar-refractivity contribution is 5.94. The van der Waals surface area contributed by atoms with Crippen LogP contribution < -0.4 is 4.90 Å². The zero-order chi connectivity index (χ0) is 17.8. The molecule has 1 saturated heterocycles. The van der Waals surface area contributed by atoms with E-state index in [2.05, 4.69) is 23.7 Å². The van der Waals surface area contributed by atoms with Gasteiger partial charge in [-0.15, -0.1) is 0 Å². The zero-order valence-electron chi connectivity index (χ0n) is 14.9. The van der Waals surface area contributed by atoms with Crippen LogP contribution >= 0.6 is 0 Å². The standard InChI is InChI=1S/C20H25N3O2/c1-15(2)16-3-5-17(6-4-16)20(25)23-11-9-22(10-12-23)19-7-8-21-13-18(19)14-24/h3-8,13,15,24H,9-12,14H2,1-2H3. The largest absolute Gasteiger partial charge is 0.392 e. The van der Waals surface area contributed by atoms with Gasteiger partial charge in [0.15, 0.2) is 0 Å². The molecule has 0 saturated carbocycles. The van der Waals surface area contributed by atoms with Crippen molar-refractivity contribution in [2.75, 3.05) is 31.1 Å². The number of aliphatic hydroxyl groups excluding tert-OH is 1. The smallest absolute Gasteiger partial charge is 0.253 e. The van der Waals surface area contributed by atoms with Crippen LogP contribution in [0, 0.1) is 0 Å². The van der Waals surface area contributed by atoms with Gasteiger partial charge in [-0.1, -0.05) is 26.0 Å². The summed E-state index contributed by atoms with van der Waals surface area (Å²) in [6.45, 7) is 7.14. The first kappa shape index (κ1) is 17.4. The molecule has 2 aromatic rings. The number of rotatable bonds is 4. The highest BCUT2D eigenvalue weighted by Crippen LogP contribution is 2.22. The second-order valence-electron chi connectivity index (χ2n) is 6.72. The van der Waals surface area contributed by atoms with Gasteiger partial charge in [0.25, 0.3) is 5.91 Å². The molecular formula is C20H25N3O2. The van der Waals surface area contributed by atoms with Crippen molar-refractivity contribution in [2.24, 2.45) is 0 Å². The maximum Gasteiger partial charge on any atom is 0.253 e. The van der Waals surface area contributed by atoms with Gasteiger partial charge < -0.3 is 14.9 Å². The number of pyridine rings is 1. The van der Waals surface area contributed by atoms with Gasteiger partial charge in [0.1, 0.15) is 0 Å². The minimum atomic E-state index is -0.0233. The van der Waals surface area contributed by atoms with Crippen LogP contribution in [0.5, 0.6) is 0 Å². The van der Waals surface area contributed by atoms with E-state index in [9.17, 15) is 9.90 Å². The summed E-state index contributed by atoms with van der Waals surface area (Å²) in [7, 11) is 0. The van der Waals surface area contributed by atoms with Gasteiger partial charge >= 0.3 is 0 Å². The van der Waals surface area contributed by atoms with Crippen LogP contribution in [-0.4, -0.2) is 47.1 Å². The Morgan fingerprint density at radius 2 is 1.80 bits per heavy atom.